The fourth-order valence-electron chi connectivity index (χ4n) is 5.09. The second-order valence-electron chi connectivity index (χ2n) is 15.0. The van der Waals surface area contributed by atoms with Gasteiger partial charge >= 0.3 is 11.9 Å². The Morgan fingerprint density at radius 3 is 1.80 bits per heavy atom. The Morgan fingerprint density at radius 1 is 0.679 bits per heavy atom. The van der Waals surface area contributed by atoms with Crippen molar-refractivity contribution in [2.75, 3.05) is 47.5 Å². The lowest BCUT2D eigenvalue weighted by molar-refractivity contribution is -0.870. The van der Waals surface area contributed by atoms with Gasteiger partial charge in [0.05, 0.1) is 40.0 Å². The number of carbonyl (C=O) groups is 2. The van der Waals surface area contributed by atoms with Crippen LogP contribution in [0.5, 0.6) is 0 Å². The Bertz CT molecular complexity index is 1220. The number of quaternary nitrogens is 1. The number of unbranched alkanes of at least 4 members (excludes halogenated alkanes) is 10. The first-order valence-corrected chi connectivity index (χ1v) is 22.3. The van der Waals surface area contributed by atoms with E-state index in [4.69, 9.17) is 18.5 Å². The molecule has 4 atom stereocenters. The van der Waals surface area contributed by atoms with Crippen LogP contribution in [-0.2, 0) is 32.7 Å². The molecule has 0 aliphatic heterocycles. The van der Waals surface area contributed by atoms with Gasteiger partial charge in [-0.1, -0.05) is 151 Å². The van der Waals surface area contributed by atoms with E-state index < -0.39 is 44.7 Å². The Balaban J connectivity index is 4.62. The van der Waals surface area contributed by atoms with E-state index in [1.807, 2.05) is 64.5 Å². The van der Waals surface area contributed by atoms with Gasteiger partial charge in [0.15, 0.2) is 6.10 Å². The van der Waals surface area contributed by atoms with Gasteiger partial charge in [-0.3, -0.25) is 14.2 Å². The molecular formula is C44H76NO10P. The number of ether oxygens (including phenoxy) is 2. The van der Waals surface area contributed by atoms with Crippen LogP contribution in [0, 0.1) is 0 Å². The highest BCUT2D eigenvalue weighted by Crippen LogP contribution is 2.38. The third-order valence-corrected chi connectivity index (χ3v) is 9.38. The minimum Gasteiger partial charge on any atom is -0.756 e. The van der Waals surface area contributed by atoms with Gasteiger partial charge in [-0.05, 0) is 38.5 Å². The molecule has 12 heteroatoms. The number of aliphatic hydroxyl groups is 2. The van der Waals surface area contributed by atoms with E-state index in [9.17, 15) is 29.3 Å². The molecule has 0 aromatic heterocycles. The van der Waals surface area contributed by atoms with Crippen LogP contribution in [0.15, 0.2) is 72.9 Å². The van der Waals surface area contributed by atoms with Gasteiger partial charge in [-0.2, -0.15) is 0 Å². The highest BCUT2D eigenvalue weighted by molar-refractivity contribution is 7.45. The molecule has 0 spiro atoms. The Hall–Kier alpha value is -2.63. The molecule has 322 valence electrons. The molecule has 1 unspecified atom stereocenters. The maximum absolute atomic E-state index is 12.6. The minimum absolute atomic E-state index is 0.0627. The van der Waals surface area contributed by atoms with Crippen molar-refractivity contribution < 1.29 is 52.3 Å². The summed E-state index contributed by atoms with van der Waals surface area (Å²) in [6.45, 7) is 3.79. The van der Waals surface area contributed by atoms with Crippen LogP contribution in [0.1, 0.15) is 129 Å². The molecule has 11 nitrogen and oxygen atoms in total. The average Bonchev–Trinajstić information content (AvgIpc) is 3.13. The molecule has 2 N–H and O–H groups in total. The number of hydrogen-bond acceptors (Lipinski definition) is 10. The molecule has 0 bridgehead atoms. The zero-order valence-corrected chi connectivity index (χ0v) is 36.2. The number of phosphoric acid groups is 1. The van der Waals surface area contributed by atoms with Gasteiger partial charge in [0.1, 0.15) is 19.8 Å². The normalized spacial score (nSPS) is 15.5. The summed E-state index contributed by atoms with van der Waals surface area (Å²) < 4.78 is 33.6. The first kappa shape index (κ1) is 53.4. The van der Waals surface area contributed by atoms with Crippen LogP contribution in [-0.4, -0.2) is 92.5 Å². The summed E-state index contributed by atoms with van der Waals surface area (Å²) >= 11 is 0. The number of nitrogens with zero attached hydrogens (tertiary/aromatic N) is 1. The van der Waals surface area contributed by atoms with Crippen LogP contribution in [0.2, 0.25) is 0 Å². The van der Waals surface area contributed by atoms with Crippen molar-refractivity contribution in [1.29, 1.82) is 0 Å². The van der Waals surface area contributed by atoms with E-state index in [-0.39, 0.29) is 26.1 Å². The molecule has 0 aliphatic rings. The lowest BCUT2D eigenvalue weighted by Crippen LogP contribution is -2.37. The summed E-state index contributed by atoms with van der Waals surface area (Å²) in [6.07, 6.45) is 35.8. The van der Waals surface area contributed by atoms with Gasteiger partial charge in [-0.25, -0.2) is 0 Å². The fraction of sp³-hybridized carbons (Fsp3) is 0.682. The van der Waals surface area contributed by atoms with E-state index in [2.05, 4.69) is 6.92 Å². The fourth-order valence-corrected chi connectivity index (χ4v) is 5.82. The molecule has 0 radical (unpaired) electrons. The smallest absolute Gasteiger partial charge is 0.306 e. The van der Waals surface area contributed by atoms with Gasteiger partial charge in [0.2, 0.25) is 0 Å². The summed E-state index contributed by atoms with van der Waals surface area (Å²) in [5.41, 5.74) is 0. The maximum Gasteiger partial charge on any atom is 0.306 e. The predicted octanol–water partition coefficient (Wildman–Crippen LogP) is 8.77. The molecule has 0 rings (SSSR count). The molecule has 0 fully saturated rings. The number of likely N-dealkylation sites (N-methyl/N-ethyl adjacent to an activating group) is 1. The van der Waals surface area contributed by atoms with Crippen molar-refractivity contribution in [2.24, 2.45) is 0 Å². The standard InChI is InChI=1S/C44H76NO10P/c1-6-8-10-11-12-13-14-15-16-21-29-35-44(49)55-42(39-54-56(50,51)53-37-36-45(3,4)5)38-52-43(48)34-28-20-18-17-19-25-31-41(47)33-27-23-22-26-32-40(46)30-24-9-7-2/h9,18-20,22-27,32-33,40-42,46-47H,6-8,10-17,21,28-31,34-39H2,1-5H3/b20-18-,23-22-,24-9-,25-19-,32-26+,33-27+/t40-,41+,42-/m1/s1. The largest absolute Gasteiger partial charge is 0.756 e. The lowest BCUT2D eigenvalue weighted by atomic mass is 10.1. The molecule has 0 amide bonds. The van der Waals surface area contributed by atoms with Gasteiger partial charge in [0, 0.05) is 12.8 Å². The highest BCUT2D eigenvalue weighted by atomic mass is 31.2. The number of rotatable bonds is 36. The number of allylic oxidation sites excluding steroid dienone is 8. The Kier molecular flexibility index (Phi) is 33.9. The summed E-state index contributed by atoms with van der Waals surface area (Å²) in [5, 5.41) is 19.9. The molecule has 0 saturated heterocycles. The zero-order valence-electron chi connectivity index (χ0n) is 35.3. The Labute approximate surface area is 339 Å². The van der Waals surface area contributed by atoms with Crippen LogP contribution < -0.4 is 4.89 Å². The van der Waals surface area contributed by atoms with E-state index in [0.717, 1.165) is 25.7 Å². The van der Waals surface area contributed by atoms with Crippen molar-refractivity contribution in [3.8, 4) is 0 Å². The number of phosphoric ester groups is 1. The number of carbonyl (C=O) groups excluding carboxylic acids is 2. The van der Waals surface area contributed by atoms with Crippen LogP contribution >= 0.6 is 7.82 Å². The zero-order chi connectivity index (χ0) is 41.8. The monoisotopic (exact) mass is 810 g/mol. The summed E-state index contributed by atoms with van der Waals surface area (Å²) in [7, 11) is 1.05. The van der Waals surface area contributed by atoms with Gasteiger partial charge < -0.3 is 38.1 Å². The molecule has 0 aromatic carbocycles. The highest BCUT2D eigenvalue weighted by Gasteiger charge is 2.21. The van der Waals surface area contributed by atoms with E-state index >= 15 is 0 Å². The second kappa shape index (κ2) is 35.5. The topological polar surface area (TPSA) is 152 Å². The molecule has 0 aromatic rings. The van der Waals surface area contributed by atoms with Gasteiger partial charge in [-0.15, -0.1) is 0 Å². The number of aliphatic hydroxyl groups excluding tert-OH is 2. The van der Waals surface area contributed by atoms with Crippen molar-refractivity contribution in [2.45, 2.75) is 148 Å². The summed E-state index contributed by atoms with van der Waals surface area (Å²) in [6, 6.07) is 0. The molecule has 0 heterocycles. The van der Waals surface area contributed by atoms with Gasteiger partial charge in [0.25, 0.3) is 7.82 Å². The van der Waals surface area contributed by atoms with Crippen molar-refractivity contribution >= 4 is 19.8 Å². The summed E-state index contributed by atoms with van der Waals surface area (Å²) in [4.78, 5) is 37.4. The molecule has 56 heavy (non-hydrogen) atoms. The lowest BCUT2D eigenvalue weighted by Gasteiger charge is -2.28. The van der Waals surface area contributed by atoms with Crippen molar-refractivity contribution in [3.05, 3.63) is 72.9 Å². The molecule has 0 saturated carbocycles. The van der Waals surface area contributed by atoms with Crippen molar-refractivity contribution in [3.63, 3.8) is 0 Å². The van der Waals surface area contributed by atoms with Crippen LogP contribution in [0.25, 0.3) is 0 Å². The second-order valence-corrected chi connectivity index (χ2v) is 16.4. The SMILES string of the molecule is CC/C=C\C[C@@H](O)/C=C/C=C\C=C\[C@@H](O)C/C=C\C/C=C\CCC(=O)OC[C@H](COP(=O)([O-])OCC[N+](C)(C)C)OC(=O)CCCCCCCCCCCCC. The average molecular weight is 810 g/mol. The first-order chi connectivity index (χ1) is 26.8. The van der Waals surface area contributed by atoms with Crippen LogP contribution in [0.3, 0.4) is 0 Å². The number of esters is 2. The third kappa shape index (κ3) is 38.3. The third-order valence-electron chi connectivity index (χ3n) is 8.42. The predicted molar refractivity (Wildman–Crippen MR) is 225 cm³/mol. The van der Waals surface area contributed by atoms with E-state index in [1.54, 1.807) is 36.5 Å². The van der Waals surface area contributed by atoms with E-state index in [0.29, 0.717) is 43.1 Å². The molecule has 0 aliphatic carbocycles. The number of hydrogen-bond donors (Lipinski definition) is 2. The van der Waals surface area contributed by atoms with E-state index in [1.165, 1.54) is 44.9 Å². The quantitative estimate of drug-likeness (QED) is 0.0157. The summed E-state index contributed by atoms with van der Waals surface area (Å²) in [5.74, 6) is -1.01. The maximum atomic E-state index is 12.6. The molecular weight excluding hydrogens is 733 g/mol. The van der Waals surface area contributed by atoms with Crippen LogP contribution in [0.4, 0.5) is 0 Å². The van der Waals surface area contributed by atoms with Crippen molar-refractivity contribution in [1.82, 2.24) is 0 Å². The minimum atomic E-state index is -4.66. The Morgan fingerprint density at radius 2 is 1.23 bits per heavy atom. The first-order valence-electron chi connectivity index (χ1n) is 20.9.